The Morgan fingerprint density at radius 1 is 1.19 bits per heavy atom. The number of nitrogens with zero attached hydrogens (tertiary/aromatic N) is 1. The lowest BCUT2D eigenvalue weighted by molar-refractivity contribution is -0.130. The summed E-state index contributed by atoms with van der Waals surface area (Å²) in [6, 6.07) is 12.4. The zero-order valence-corrected chi connectivity index (χ0v) is 16.1. The van der Waals surface area contributed by atoms with E-state index in [9.17, 15) is 14.7 Å². The van der Waals surface area contributed by atoms with Crippen LogP contribution in [-0.4, -0.2) is 41.5 Å². The van der Waals surface area contributed by atoms with Crippen LogP contribution in [0.4, 0.5) is 0 Å². The highest BCUT2D eigenvalue weighted by molar-refractivity contribution is 6.32. The third-order valence-electron chi connectivity index (χ3n) is 3.94. The zero-order valence-electron chi connectivity index (χ0n) is 15.4. The van der Waals surface area contributed by atoms with Crippen molar-refractivity contribution in [1.82, 2.24) is 10.2 Å². The molecule has 0 aliphatic rings. The maximum atomic E-state index is 12.4. The van der Waals surface area contributed by atoms with E-state index in [1.807, 2.05) is 37.3 Å². The highest BCUT2D eigenvalue weighted by Crippen LogP contribution is 2.35. The van der Waals surface area contributed by atoms with E-state index in [-0.39, 0.29) is 34.5 Å². The first kappa shape index (κ1) is 20.6. The Bertz CT molecular complexity index is 796. The number of benzene rings is 2. The van der Waals surface area contributed by atoms with Crippen molar-refractivity contribution >= 4 is 23.4 Å². The van der Waals surface area contributed by atoms with Crippen molar-refractivity contribution in [3.8, 4) is 11.5 Å². The lowest BCUT2D eigenvalue weighted by atomic mass is 10.2. The van der Waals surface area contributed by atoms with Crippen molar-refractivity contribution in [1.29, 1.82) is 0 Å². The quantitative estimate of drug-likeness (QED) is 0.725. The number of carbonyl (C=O) groups excluding carboxylic acids is 2. The molecule has 0 radical (unpaired) electrons. The van der Waals surface area contributed by atoms with E-state index in [4.69, 9.17) is 16.3 Å². The topological polar surface area (TPSA) is 78.9 Å². The highest BCUT2D eigenvalue weighted by Gasteiger charge is 2.17. The number of phenolic OH excluding ortho intramolecular Hbond substituents is 1. The first-order valence-electron chi connectivity index (χ1n) is 8.71. The molecule has 0 saturated carbocycles. The van der Waals surface area contributed by atoms with Gasteiger partial charge in [-0.05, 0) is 31.5 Å². The molecule has 0 heterocycles. The number of likely N-dealkylation sites (N-methyl/N-ethyl adjacent to an activating group) is 1. The Balaban J connectivity index is 2.00. The van der Waals surface area contributed by atoms with Gasteiger partial charge in [-0.15, -0.1) is 0 Å². The highest BCUT2D eigenvalue weighted by atomic mass is 35.5. The molecule has 2 aromatic rings. The second-order valence-corrected chi connectivity index (χ2v) is 6.22. The molecule has 2 rings (SSSR count). The minimum atomic E-state index is -0.470. The van der Waals surface area contributed by atoms with Crippen molar-refractivity contribution in [3.63, 3.8) is 0 Å². The lowest BCUT2D eigenvalue weighted by Gasteiger charge is -2.21. The van der Waals surface area contributed by atoms with Crippen molar-refractivity contribution in [2.75, 3.05) is 19.7 Å². The van der Waals surface area contributed by atoms with Gasteiger partial charge >= 0.3 is 0 Å². The summed E-state index contributed by atoms with van der Waals surface area (Å²) in [7, 11) is 0. The molecule has 0 unspecified atom stereocenters. The Morgan fingerprint density at radius 3 is 2.52 bits per heavy atom. The van der Waals surface area contributed by atoms with Gasteiger partial charge in [-0.25, -0.2) is 0 Å². The maximum Gasteiger partial charge on any atom is 0.251 e. The first-order chi connectivity index (χ1) is 13.0. The van der Waals surface area contributed by atoms with Crippen LogP contribution in [0.25, 0.3) is 0 Å². The smallest absolute Gasteiger partial charge is 0.251 e. The third-order valence-corrected chi connectivity index (χ3v) is 4.23. The van der Waals surface area contributed by atoms with Crippen LogP contribution in [0, 0.1) is 0 Å². The van der Waals surface area contributed by atoms with Gasteiger partial charge in [-0.2, -0.15) is 0 Å². The molecule has 0 atom stereocenters. The summed E-state index contributed by atoms with van der Waals surface area (Å²) in [5.74, 6) is -0.751. The van der Waals surface area contributed by atoms with E-state index >= 15 is 0 Å². The SMILES string of the molecule is CCOc1cc(C(=O)NCC(=O)N(CC)Cc2ccccc2)cc(Cl)c1O. The summed E-state index contributed by atoms with van der Waals surface area (Å²) in [5, 5.41) is 12.4. The summed E-state index contributed by atoms with van der Waals surface area (Å²) in [6.07, 6.45) is 0. The summed E-state index contributed by atoms with van der Waals surface area (Å²) < 4.78 is 5.27. The predicted octanol–water partition coefficient (Wildman–Crippen LogP) is 3.22. The van der Waals surface area contributed by atoms with Crippen LogP contribution in [-0.2, 0) is 11.3 Å². The molecule has 2 N–H and O–H groups in total. The molecule has 2 amide bonds. The Hall–Kier alpha value is -2.73. The van der Waals surface area contributed by atoms with Gasteiger partial charge in [0.2, 0.25) is 5.91 Å². The number of nitrogens with one attached hydrogen (secondary N) is 1. The van der Waals surface area contributed by atoms with Crippen LogP contribution in [0.3, 0.4) is 0 Å². The largest absolute Gasteiger partial charge is 0.503 e. The minimum absolute atomic E-state index is 0.0108. The number of halogens is 1. The van der Waals surface area contributed by atoms with E-state index in [0.29, 0.717) is 19.7 Å². The average Bonchev–Trinajstić information content (AvgIpc) is 2.68. The Morgan fingerprint density at radius 2 is 1.89 bits per heavy atom. The second kappa shape index (κ2) is 9.83. The van der Waals surface area contributed by atoms with Gasteiger partial charge in [-0.1, -0.05) is 41.9 Å². The van der Waals surface area contributed by atoms with E-state index in [1.165, 1.54) is 12.1 Å². The van der Waals surface area contributed by atoms with Crippen LogP contribution in [0.5, 0.6) is 11.5 Å². The summed E-state index contributed by atoms with van der Waals surface area (Å²) in [4.78, 5) is 26.4. The van der Waals surface area contributed by atoms with Gasteiger partial charge < -0.3 is 20.1 Å². The number of phenols is 1. The van der Waals surface area contributed by atoms with Crippen molar-refractivity contribution < 1.29 is 19.4 Å². The molecule has 0 aliphatic heterocycles. The molecule has 2 aromatic carbocycles. The van der Waals surface area contributed by atoms with Crippen LogP contribution in [0.15, 0.2) is 42.5 Å². The molecule has 0 aliphatic carbocycles. The van der Waals surface area contributed by atoms with Crippen LogP contribution < -0.4 is 10.1 Å². The number of hydrogen-bond donors (Lipinski definition) is 2. The molecule has 6 nitrogen and oxygen atoms in total. The first-order valence-corrected chi connectivity index (χ1v) is 9.09. The number of carbonyl (C=O) groups is 2. The Kier molecular flexibility index (Phi) is 7.49. The monoisotopic (exact) mass is 390 g/mol. The molecule has 0 spiro atoms. The third kappa shape index (κ3) is 5.62. The fourth-order valence-electron chi connectivity index (χ4n) is 2.52. The average molecular weight is 391 g/mol. The number of rotatable bonds is 8. The van der Waals surface area contributed by atoms with E-state index in [0.717, 1.165) is 5.56 Å². The standard InChI is InChI=1S/C20H23ClN2O4/c1-3-23(13-14-8-6-5-7-9-14)18(24)12-22-20(26)15-10-16(21)19(25)17(11-15)27-4-2/h5-11,25H,3-4,12-13H2,1-2H3,(H,22,26). The van der Waals surface area contributed by atoms with E-state index < -0.39 is 5.91 Å². The van der Waals surface area contributed by atoms with Gasteiger partial charge in [0, 0.05) is 18.7 Å². The van der Waals surface area contributed by atoms with Gasteiger partial charge in [-0.3, -0.25) is 9.59 Å². The van der Waals surface area contributed by atoms with Crippen molar-refractivity contribution in [2.45, 2.75) is 20.4 Å². The molecule has 0 saturated heterocycles. The number of ether oxygens (including phenoxy) is 1. The molecule has 27 heavy (non-hydrogen) atoms. The lowest BCUT2D eigenvalue weighted by Crippen LogP contribution is -2.39. The second-order valence-electron chi connectivity index (χ2n) is 5.81. The van der Waals surface area contributed by atoms with Crippen molar-refractivity contribution in [2.24, 2.45) is 0 Å². The summed E-state index contributed by atoms with van der Waals surface area (Å²) >= 11 is 5.94. The fourth-order valence-corrected chi connectivity index (χ4v) is 2.73. The van der Waals surface area contributed by atoms with Gasteiger partial charge in [0.05, 0.1) is 18.2 Å². The maximum absolute atomic E-state index is 12.4. The molecular weight excluding hydrogens is 368 g/mol. The molecule has 0 fully saturated rings. The van der Waals surface area contributed by atoms with Crippen LogP contribution in [0.1, 0.15) is 29.8 Å². The number of amides is 2. The van der Waals surface area contributed by atoms with Crippen LogP contribution in [0.2, 0.25) is 5.02 Å². The van der Waals surface area contributed by atoms with Gasteiger partial charge in [0.25, 0.3) is 5.91 Å². The van der Waals surface area contributed by atoms with Gasteiger partial charge in [0.15, 0.2) is 11.5 Å². The fraction of sp³-hybridized carbons (Fsp3) is 0.300. The van der Waals surface area contributed by atoms with E-state index in [2.05, 4.69) is 5.32 Å². The molecule has 7 heteroatoms. The number of aromatic hydroxyl groups is 1. The molecule has 0 aromatic heterocycles. The molecular formula is C20H23ClN2O4. The minimum Gasteiger partial charge on any atom is -0.503 e. The number of hydrogen-bond acceptors (Lipinski definition) is 4. The van der Waals surface area contributed by atoms with Crippen LogP contribution >= 0.6 is 11.6 Å². The predicted molar refractivity (Wildman–Crippen MR) is 104 cm³/mol. The summed E-state index contributed by atoms with van der Waals surface area (Å²) in [6.45, 7) is 4.83. The van der Waals surface area contributed by atoms with Gasteiger partial charge in [0.1, 0.15) is 0 Å². The zero-order chi connectivity index (χ0) is 19.8. The summed E-state index contributed by atoms with van der Waals surface area (Å²) in [5.41, 5.74) is 1.23. The molecule has 0 bridgehead atoms. The van der Waals surface area contributed by atoms with Crippen molar-refractivity contribution in [3.05, 3.63) is 58.6 Å². The van der Waals surface area contributed by atoms with E-state index in [1.54, 1.807) is 11.8 Å². The normalized spacial score (nSPS) is 10.3. The molecule has 144 valence electrons. The Labute approximate surface area is 163 Å².